The molecule has 0 spiro atoms. The van der Waals surface area contributed by atoms with Crippen molar-refractivity contribution in [1.29, 1.82) is 0 Å². The molecule has 9 heteroatoms. The van der Waals surface area contributed by atoms with Gasteiger partial charge in [0.15, 0.2) is 5.69 Å². The average molecular weight is 468 g/mol. The Bertz CT molecular complexity index is 1210. The number of aromatic nitrogens is 3. The molecule has 3 aromatic carbocycles. The molecule has 6 nitrogen and oxygen atoms in total. The number of nitrogens with one attached hydrogen (secondary N) is 1. The Morgan fingerprint density at radius 2 is 1.56 bits per heavy atom. The molecule has 1 heterocycles. The van der Waals surface area contributed by atoms with Crippen LogP contribution in [-0.2, 0) is 19.3 Å². The Labute approximate surface area is 194 Å². The first-order chi connectivity index (χ1) is 16.3. The number of nitrogens with zero attached hydrogens (tertiary/aromatic N) is 3. The summed E-state index contributed by atoms with van der Waals surface area (Å²) in [5, 5.41) is 19.8. The van der Waals surface area contributed by atoms with Gasteiger partial charge < -0.3 is 10.4 Å². The Kier molecular flexibility index (Phi) is 8.15. The summed E-state index contributed by atoms with van der Waals surface area (Å²) < 4.78 is 39.8. The molecule has 0 aliphatic rings. The molecule has 0 bridgehead atoms. The van der Waals surface area contributed by atoms with Gasteiger partial charge in [-0.3, -0.25) is 0 Å². The smallest absolute Gasteiger partial charge is 0.416 e. The van der Waals surface area contributed by atoms with E-state index in [1.807, 2.05) is 25.2 Å². The van der Waals surface area contributed by atoms with Crippen LogP contribution in [0.3, 0.4) is 0 Å². The Balaban J connectivity index is 0.000000302. The van der Waals surface area contributed by atoms with Gasteiger partial charge in [-0.1, -0.05) is 78.0 Å². The van der Waals surface area contributed by atoms with Crippen LogP contribution in [0.25, 0.3) is 11.3 Å². The van der Waals surface area contributed by atoms with Crippen LogP contribution in [0.1, 0.15) is 27.2 Å². The second-order valence-corrected chi connectivity index (χ2v) is 7.33. The number of alkyl halides is 3. The Morgan fingerprint density at radius 3 is 2.15 bits per heavy atom. The monoisotopic (exact) mass is 468 g/mol. The SMILES string of the molecule is CNCc1ccccc1.O=C(O)c1nnn(Cc2cccc(C(F)(F)F)c2)c1-c1ccccc1. The first-order valence-corrected chi connectivity index (χ1v) is 10.4. The second-order valence-electron chi connectivity index (χ2n) is 7.33. The first-order valence-electron chi connectivity index (χ1n) is 10.4. The highest BCUT2D eigenvalue weighted by molar-refractivity contribution is 5.92. The lowest BCUT2D eigenvalue weighted by molar-refractivity contribution is -0.137. The molecule has 0 amide bonds. The van der Waals surface area contributed by atoms with Crippen LogP contribution in [-0.4, -0.2) is 33.1 Å². The Morgan fingerprint density at radius 1 is 0.941 bits per heavy atom. The average Bonchev–Trinajstić information content (AvgIpc) is 3.24. The standard InChI is InChI=1S/C17H12F3N3O2.C8H11N/c18-17(19,20)13-8-4-5-11(9-13)10-23-15(12-6-2-1-3-7-12)14(16(24)25)21-22-23;1-9-7-8-5-3-2-4-6-8/h1-9H,10H2,(H,24,25);2-6,9H,7H2,1H3. The zero-order valence-corrected chi connectivity index (χ0v) is 18.3. The van der Waals surface area contributed by atoms with Crippen LogP contribution in [0.2, 0.25) is 0 Å². The van der Waals surface area contributed by atoms with Gasteiger partial charge in [-0.05, 0) is 30.3 Å². The number of hydrogen-bond donors (Lipinski definition) is 2. The van der Waals surface area contributed by atoms with E-state index in [9.17, 15) is 23.1 Å². The molecule has 1 aromatic heterocycles. The number of rotatable bonds is 6. The van der Waals surface area contributed by atoms with Crippen LogP contribution in [0.5, 0.6) is 0 Å². The lowest BCUT2D eigenvalue weighted by Gasteiger charge is -2.10. The fourth-order valence-electron chi connectivity index (χ4n) is 3.27. The predicted octanol–water partition coefficient (Wildman–Crippen LogP) is 5.12. The van der Waals surface area contributed by atoms with Gasteiger partial charge in [0.1, 0.15) is 5.69 Å². The molecular formula is C25H23F3N4O2. The van der Waals surface area contributed by atoms with Crippen LogP contribution in [0, 0.1) is 0 Å². The summed E-state index contributed by atoms with van der Waals surface area (Å²) in [5.74, 6) is -1.26. The van der Waals surface area contributed by atoms with E-state index in [1.165, 1.54) is 22.4 Å². The molecule has 0 saturated heterocycles. The molecule has 0 atom stereocenters. The number of benzene rings is 3. The molecule has 4 aromatic rings. The van der Waals surface area contributed by atoms with Crippen molar-refractivity contribution in [2.45, 2.75) is 19.3 Å². The minimum absolute atomic E-state index is 0.0333. The van der Waals surface area contributed by atoms with Crippen molar-refractivity contribution in [1.82, 2.24) is 20.3 Å². The van der Waals surface area contributed by atoms with Gasteiger partial charge in [-0.2, -0.15) is 13.2 Å². The molecule has 0 aliphatic carbocycles. The number of aromatic carboxylic acids is 1. The first kappa shape index (κ1) is 24.7. The van der Waals surface area contributed by atoms with Gasteiger partial charge >= 0.3 is 12.1 Å². The van der Waals surface area contributed by atoms with Crippen LogP contribution >= 0.6 is 0 Å². The van der Waals surface area contributed by atoms with Crippen molar-refractivity contribution in [3.8, 4) is 11.3 Å². The molecule has 34 heavy (non-hydrogen) atoms. The highest BCUT2D eigenvalue weighted by Crippen LogP contribution is 2.30. The van der Waals surface area contributed by atoms with Crippen molar-refractivity contribution in [3.05, 3.63) is 107 Å². The zero-order chi connectivity index (χ0) is 24.6. The number of carboxylic acids is 1. The molecule has 176 valence electrons. The largest absolute Gasteiger partial charge is 0.476 e. The maximum atomic E-state index is 12.8. The Hall–Kier alpha value is -3.98. The van der Waals surface area contributed by atoms with Gasteiger partial charge in [-0.25, -0.2) is 9.48 Å². The zero-order valence-electron chi connectivity index (χ0n) is 18.3. The summed E-state index contributed by atoms with van der Waals surface area (Å²) in [4.78, 5) is 11.4. The summed E-state index contributed by atoms with van der Waals surface area (Å²) in [5.41, 5.74) is 1.46. The highest BCUT2D eigenvalue weighted by Gasteiger charge is 2.30. The third kappa shape index (κ3) is 6.52. The topological polar surface area (TPSA) is 80.0 Å². The van der Waals surface area contributed by atoms with E-state index in [0.717, 1.165) is 18.7 Å². The number of halogens is 3. The molecular weight excluding hydrogens is 445 g/mol. The molecule has 0 saturated carbocycles. The summed E-state index contributed by atoms with van der Waals surface area (Å²) in [7, 11) is 1.95. The molecule has 0 aliphatic heterocycles. The van der Waals surface area contributed by atoms with E-state index in [4.69, 9.17) is 0 Å². The quantitative estimate of drug-likeness (QED) is 0.411. The summed E-state index contributed by atoms with van der Waals surface area (Å²) >= 11 is 0. The lowest BCUT2D eigenvalue weighted by atomic mass is 10.1. The molecule has 2 N–H and O–H groups in total. The van der Waals surface area contributed by atoms with Crippen molar-refractivity contribution in [3.63, 3.8) is 0 Å². The minimum atomic E-state index is -4.45. The molecule has 0 fully saturated rings. The maximum absolute atomic E-state index is 12.8. The summed E-state index contributed by atoms with van der Waals surface area (Å²) in [6.45, 7) is 0.926. The third-order valence-corrected chi connectivity index (χ3v) is 4.80. The predicted molar refractivity (Wildman–Crippen MR) is 122 cm³/mol. The summed E-state index contributed by atoms with van der Waals surface area (Å²) in [6, 6.07) is 23.7. The van der Waals surface area contributed by atoms with E-state index in [1.54, 1.807) is 30.3 Å². The number of hydrogen-bond acceptors (Lipinski definition) is 4. The normalized spacial score (nSPS) is 10.9. The van der Waals surface area contributed by atoms with Crippen molar-refractivity contribution in [2.24, 2.45) is 0 Å². The molecule has 0 radical (unpaired) electrons. The second kappa shape index (κ2) is 11.2. The lowest BCUT2D eigenvalue weighted by Crippen LogP contribution is -2.09. The van der Waals surface area contributed by atoms with Gasteiger partial charge in [0.05, 0.1) is 12.1 Å². The van der Waals surface area contributed by atoms with Crippen molar-refractivity contribution in [2.75, 3.05) is 7.05 Å². The maximum Gasteiger partial charge on any atom is 0.416 e. The number of carboxylic acid groups (broad SMARTS) is 1. The van der Waals surface area contributed by atoms with Gasteiger partial charge in [0.25, 0.3) is 0 Å². The fraction of sp³-hybridized carbons (Fsp3) is 0.160. The molecule has 4 rings (SSSR count). The van der Waals surface area contributed by atoms with Gasteiger partial charge in [-0.15, -0.1) is 5.10 Å². The van der Waals surface area contributed by atoms with E-state index >= 15 is 0 Å². The van der Waals surface area contributed by atoms with E-state index in [2.05, 4.69) is 27.8 Å². The fourth-order valence-corrected chi connectivity index (χ4v) is 3.27. The van der Waals surface area contributed by atoms with Crippen LogP contribution in [0.4, 0.5) is 13.2 Å². The van der Waals surface area contributed by atoms with E-state index in [-0.39, 0.29) is 17.9 Å². The highest BCUT2D eigenvalue weighted by atomic mass is 19.4. The minimum Gasteiger partial charge on any atom is -0.476 e. The van der Waals surface area contributed by atoms with Gasteiger partial charge in [0, 0.05) is 12.1 Å². The van der Waals surface area contributed by atoms with Crippen molar-refractivity contribution < 1.29 is 23.1 Å². The van der Waals surface area contributed by atoms with E-state index in [0.29, 0.717) is 11.1 Å². The van der Waals surface area contributed by atoms with Crippen LogP contribution in [0.15, 0.2) is 84.9 Å². The summed E-state index contributed by atoms with van der Waals surface area (Å²) in [6.07, 6.45) is -4.45. The van der Waals surface area contributed by atoms with E-state index < -0.39 is 17.7 Å². The third-order valence-electron chi connectivity index (χ3n) is 4.80. The van der Waals surface area contributed by atoms with Gasteiger partial charge in [0.2, 0.25) is 0 Å². The molecule has 0 unspecified atom stereocenters. The number of carbonyl (C=O) groups is 1. The van der Waals surface area contributed by atoms with Crippen molar-refractivity contribution >= 4 is 5.97 Å². The van der Waals surface area contributed by atoms with Crippen LogP contribution < -0.4 is 5.32 Å².